The van der Waals surface area contributed by atoms with Crippen molar-refractivity contribution in [2.75, 3.05) is 0 Å². The first-order valence-corrected chi connectivity index (χ1v) is 8.33. The quantitative estimate of drug-likeness (QED) is 0.354. The molecule has 0 atom stereocenters. The number of fused-ring (bicyclic) bond motifs is 5. The second kappa shape index (κ2) is 9.33. The van der Waals surface area contributed by atoms with Crippen LogP contribution in [0, 0.1) is 0 Å². The summed E-state index contributed by atoms with van der Waals surface area (Å²) in [6.07, 6.45) is 8.47. The molecule has 1 heterocycles. The van der Waals surface area contributed by atoms with Crippen LogP contribution in [0.5, 0.6) is 0 Å². The standard InChI is InChI=1S/C18H16.C4H4O.Al.Li.4H/c1-3-7-15-13(5-1)9-11-18-16-8-4-2-6-14(16)10-12-17(15)18;1-2-4-5-3-1;;;;;;/h1,3,5,7,9-12H,2,4,6,8H2;1-4H;;;;;;/q;;+3;+1;4*-1. The Morgan fingerprint density at radius 1 is 0.680 bits per heavy atom. The van der Waals surface area contributed by atoms with Gasteiger partial charge in [0.25, 0.3) is 0 Å². The Labute approximate surface area is 177 Å². The van der Waals surface area contributed by atoms with Crippen molar-refractivity contribution in [2.45, 2.75) is 25.7 Å². The summed E-state index contributed by atoms with van der Waals surface area (Å²) in [7, 11) is 0. The van der Waals surface area contributed by atoms with Crippen molar-refractivity contribution in [3.05, 3.63) is 84.3 Å². The van der Waals surface area contributed by atoms with Gasteiger partial charge in [0.1, 0.15) is 0 Å². The molecule has 1 aliphatic rings. The van der Waals surface area contributed by atoms with Gasteiger partial charge >= 0.3 is 36.2 Å². The first-order valence-electron chi connectivity index (χ1n) is 8.33. The van der Waals surface area contributed by atoms with Crippen molar-refractivity contribution < 1.29 is 29.0 Å². The fourth-order valence-corrected chi connectivity index (χ4v) is 3.57. The molecule has 0 fully saturated rings. The van der Waals surface area contributed by atoms with Gasteiger partial charge in [0.15, 0.2) is 0 Å². The van der Waals surface area contributed by atoms with Crippen molar-refractivity contribution in [2.24, 2.45) is 0 Å². The fraction of sp³-hybridized carbons (Fsp3) is 0.182. The van der Waals surface area contributed by atoms with Crippen molar-refractivity contribution in [3.63, 3.8) is 0 Å². The average molecular weight is 338 g/mol. The minimum atomic E-state index is 0. The molecular formula is C22H24AlLiO. The molecule has 1 aromatic heterocycles. The van der Waals surface area contributed by atoms with Crippen LogP contribution in [0.3, 0.4) is 0 Å². The predicted molar refractivity (Wildman–Crippen MR) is 107 cm³/mol. The van der Waals surface area contributed by atoms with Crippen molar-refractivity contribution in [1.29, 1.82) is 0 Å². The third-order valence-corrected chi connectivity index (χ3v) is 4.68. The van der Waals surface area contributed by atoms with Crippen LogP contribution in [0.1, 0.15) is 29.7 Å². The molecule has 4 aromatic rings. The monoisotopic (exact) mass is 338 g/mol. The van der Waals surface area contributed by atoms with E-state index in [1.807, 2.05) is 12.1 Å². The van der Waals surface area contributed by atoms with Crippen LogP contribution in [0.2, 0.25) is 0 Å². The maximum atomic E-state index is 4.58. The van der Waals surface area contributed by atoms with Crippen molar-refractivity contribution in [1.82, 2.24) is 0 Å². The summed E-state index contributed by atoms with van der Waals surface area (Å²) in [4.78, 5) is 0. The van der Waals surface area contributed by atoms with E-state index >= 15 is 0 Å². The van der Waals surface area contributed by atoms with Gasteiger partial charge in [0, 0.05) is 0 Å². The molecule has 0 unspecified atom stereocenters. The van der Waals surface area contributed by atoms with Crippen LogP contribution < -0.4 is 18.9 Å². The molecule has 0 bridgehead atoms. The van der Waals surface area contributed by atoms with E-state index in [2.05, 4.69) is 52.9 Å². The molecule has 5 rings (SSSR count). The minimum Gasteiger partial charge on any atom is -1.00 e. The zero-order valence-electron chi connectivity index (χ0n) is 18.7. The Kier molecular flexibility index (Phi) is 7.43. The third-order valence-electron chi connectivity index (χ3n) is 4.68. The molecule has 0 N–H and O–H groups in total. The summed E-state index contributed by atoms with van der Waals surface area (Å²) < 4.78 is 4.58. The van der Waals surface area contributed by atoms with E-state index in [1.54, 1.807) is 23.7 Å². The molecule has 0 saturated heterocycles. The van der Waals surface area contributed by atoms with E-state index < -0.39 is 0 Å². The second-order valence-corrected chi connectivity index (χ2v) is 6.09. The van der Waals surface area contributed by atoms with Crippen LogP contribution in [0.4, 0.5) is 0 Å². The number of hydrogen-bond donors (Lipinski definition) is 0. The summed E-state index contributed by atoms with van der Waals surface area (Å²) in [6, 6.07) is 21.6. The number of benzene rings is 3. The summed E-state index contributed by atoms with van der Waals surface area (Å²) >= 11 is 0. The van der Waals surface area contributed by atoms with Crippen LogP contribution >= 0.6 is 0 Å². The molecule has 0 saturated carbocycles. The van der Waals surface area contributed by atoms with Gasteiger partial charge < -0.3 is 10.1 Å². The maximum absolute atomic E-state index is 4.58. The molecule has 0 amide bonds. The molecule has 1 nitrogen and oxygen atoms in total. The van der Waals surface area contributed by atoms with E-state index in [0.29, 0.717) is 0 Å². The van der Waals surface area contributed by atoms with Gasteiger partial charge in [-0.25, -0.2) is 0 Å². The van der Waals surface area contributed by atoms with Gasteiger partial charge in [0.2, 0.25) is 0 Å². The Hall–Kier alpha value is -1.41. The molecule has 122 valence electrons. The van der Waals surface area contributed by atoms with Crippen LogP contribution in [-0.2, 0) is 12.8 Å². The average Bonchev–Trinajstić information content (AvgIpc) is 3.21. The van der Waals surface area contributed by atoms with Crippen LogP contribution in [0.25, 0.3) is 21.5 Å². The van der Waals surface area contributed by atoms with Gasteiger partial charge in [-0.15, -0.1) is 0 Å². The Morgan fingerprint density at radius 2 is 1.40 bits per heavy atom. The molecule has 0 spiro atoms. The van der Waals surface area contributed by atoms with Crippen molar-refractivity contribution in [3.8, 4) is 0 Å². The van der Waals surface area contributed by atoms with Gasteiger partial charge in [-0.3, -0.25) is 0 Å². The summed E-state index contributed by atoms with van der Waals surface area (Å²) in [5.74, 6) is 0. The minimum absolute atomic E-state index is 0. The number of furan rings is 1. The van der Waals surface area contributed by atoms with Gasteiger partial charge in [-0.2, -0.15) is 0 Å². The maximum Gasteiger partial charge on any atom is 3.00 e. The van der Waals surface area contributed by atoms with Crippen molar-refractivity contribution >= 4 is 38.9 Å². The van der Waals surface area contributed by atoms with Crippen LogP contribution in [-0.4, -0.2) is 17.4 Å². The van der Waals surface area contributed by atoms with E-state index in [9.17, 15) is 0 Å². The van der Waals surface area contributed by atoms with E-state index in [0.717, 1.165) is 0 Å². The number of hydrogen-bond acceptors (Lipinski definition) is 1. The molecule has 3 heteroatoms. The summed E-state index contributed by atoms with van der Waals surface area (Å²) in [6.45, 7) is 0. The molecule has 1 aliphatic carbocycles. The number of rotatable bonds is 0. The fourth-order valence-electron chi connectivity index (χ4n) is 3.57. The largest absolute Gasteiger partial charge is 3.00 e. The van der Waals surface area contributed by atoms with Gasteiger partial charge in [-0.1, -0.05) is 48.5 Å². The third kappa shape index (κ3) is 4.23. The molecule has 0 radical (unpaired) electrons. The molecular weight excluding hydrogens is 314 g/mol. The molecule has 0 aliphatic heterocycles. The van der Waals surface area contributed by atoms with Gasteiger partial charge in [0.05, 0.1) is 12.5 Å². The first kappa shape index (κ1) is 19.9. The summed E-state index contributed by atoms with van der Waals surface area (Å²) in [5, 5.41) is 5.64. The summed E-state index contributed by atoms with van der Waals surface area (Å²) in [5.41, 5.74) is 3.17. The SMILES string of the molecule is [Al+3].[H-].[H-].[H-].[H-].[Li+].c1ccc2c(c1)ccc1c3c(ccc12)CCCC3.c1ccoc1. The number of aryl methyl sites for hydroxylation is 2. The zero-order valence-corrected chi connectivity index (χ0v) is 15.9. The van der Waals surface area contributed by atoms with Gasteiger partial charge in [-0.05, 0) is 70.5 Å². The Morgan fingerprint density at radius 3 is 2.16 bits per heavy atom. The molecule has 25 heavy (non-hydrogen) atoms. The van der Waals surface area contributed by atoms with Crippen LogP contribution in [0.15, 0.2) is 77.6 Å². The predicted octanol–water partition coefficient (Wildman–Crippen LogP) is 3.22. The smallest absolute Gasteiger partial charge is 1.00 e. The normalized spacial score (nSPS) is 12.3. The molecule has 3 aromatic carbocycles. The Bertz CT molecular complexity index is 931. The van der Waals surface area contributed by atoms with E-state index in [1.165, 1.54) is 47.2 Å². The Balaban J connectivity index is -0.000000551. The van der Waals surface area contributed by atoms with E-state index in [4.69, 9.17) is 0 Å². The topological polar surface area (TPSA) is 13.1 Å². The zero-order chi connectivity index (χ0) is 15.5. The first-order chi connectivity index (χ1) is 11.4. The second-order valence-electron chi connectivity index (χ2n) is 6.09. The van der Waals surface area contributed by atoms with E-state index in [-0.39, 0.29) is 41.9 Å².